The Labute approximate surface area is 122 Å². The molecule has 0 saturated carbocycles. The second-order valence-electron chi connectivity index (χ2n) is 4.72. The molecule has 1 aliphatic rings. The highest BCUT2D eigenvalue weighted by molar-refractivity contribution is 7.46. The van der Waals surface area contributed by atoms with Crippen molar-refractivity contribution in [3.05, 3.63) is 23.0 Å². The van der Waals surface area contributed by atoms with E-state index in [0.29, 0.717) is 0 Å². The average molecular weight is 334 g/mol. The van der Waals surface area contributed by atoms with Crippen molar-refractivity contribution < 1.29 is 28.0 Å². The third-order valence-corrected chi connectivity index (χ3v) is 3.73. The third kappa shape index (κ3) is 2.94. The molecule has 2 aromatic rings. The summed E-state index contributed by atoms with van der Waals surface area (Å²) in [6.07, 6.45) is -0.974. The molecule has 22 heavy (non-hydrogen) atoms. The number of halogens is 1. The van der Waals surface area contributed by atoms with Gasteiger partial charge in [-0.05, 0) is 0 Å². The maximum absolute atomic E-state index is 13.9. The number of rotatable bonds is 4. The highest BCUT2D eigenvalue weighted by Gasteiger charge is 2.38. The monoisotopic (exact) mass is 334 g/mol. The number of phosphoric acid groups is 1. The van der Waals surface area contributed by atoms with Crippen molar-refractivity contribution in [2.75, 3.05) is 6.61 Å². The number of aromatic nitrogens is 4. The van der Waals surface area contributed by atoms with E-state index in [2.05, 4.69) is 19.5 Å². The quantitative estimate of drug-likeness (QED) is 0.656. The summed E-state index contributed by atoms with van der Waals surface area (Å²) in [4.78, 5) is 39.1. The van der Waals surface area contributed by atoms with Crippen molar-refractivity contribution in [1.29, 1.82) is 0 Å². The first-order chi connectivity index (χ1) is 10.3. The van der Waals surface area contributed by atoms with Gasteiger partial charge in [0.2, 0.25) is 0 Å². The van der Waals surface area contributed by atoms with Crippen LogP contribution in [0.15, 0.2) is 17.4 Å². The fraction of sp³-hybridized carbons (Fsp3) is 0.500. The number of ether oxygens (including phenoxy) is 1. The number of fused-ring (bicyclic) bond motifs is 1. The maximum atomic E-state index is 13.9. The zero-order chi connectivity index (χ0) is 15.9. The summed E-state index contributed by atoms with van der Waals surface area (Å²) in [6, 6.07) is 0. The van der Waals surface area contributed by atoms with E-state index < -0.39 is 38.5 Å². The molecule has 3 heterocycles. The van der Waals surface area contributed by atoms with Gasteiger partial charge >= 0.3 is 7.82 Å². The van der Waals surface area contributed by atoms with Gasteiger partial charge in [0.05, 0.1) is 19.3 Å². The Morgan fingerprint density at radius 2 is 2.32 bits per heavy atom. The summed E-state index contributed by atoms with van der Waals surface area (Å²) in [5.41, 5.74) is -0.103. The van der Waals surface area contributed by atoms with Crippen LogP contribution in [0, 0.1) is 0 Å². The van der Waals surface area contributed by atoms with Crippen LogP contribution in [0.25, 0.3) is 11.2 Å². The van der Waals surface area contributed by atoms with Gasteiger partial charge in [0.25, 0.3) is 5.56 Å². The number of aromatic amines is 1. The molecule has 3 rings (SSSR count). The number of phosphoric ester groups is 1. The molecule has 2 aromatic heterocycles. The summed E-state index contributed by atoms with van der Waals surface area (Å²) in [7, 11) is -4.69. The van der Waals surface area contributed by atoms with Gasteiger partial charge in [-0.25, -0.2) is 18.9 Å². The number of imidazole rings is 1. The lowest BCUT2D eigenvalue weighted by atomic mass is 10.2. The van der Waals surface area contributed by atoms with Crippen LogP contribution >= 0.6 is 7.82 Å². The number of hydrogen-bond acceptors (Lipinski definition) is 6. The Morgan fingerprint density at radius 3 is 3.05 bits per heavy atom. The van der Waals surface area contributed by atoms with Gasteiger partial charge in [0.1, 0.15) is 18.5 Å². The van der Waals surface area contributed by atoms with Crippen molar-refractivity contribution in [1.82, 2.24) is 19.5 Å². The maximum Gasteiger partial charge on any atom is 0.469 e. The number of nitrogens with one attached hydrogen (secondary N) is 1. The topological polar surface area (TPSA) is 140 Å². The summed E-state index contributed by atoms with van der Waals surface area (Å²) < 4.78 is 35.6. The molecule has 1 saturated heterocycles. The molecule has 12 heteroatoms. The summed E-state index contributed by atoms with van der Waals surface area (Å²) in [5, 5.41) is 0. The molecule has 0 bridgehead atoms. The van der Waals surface area contributed by atoms with Crippen LogP contribution in [0.1, 0.15) is 12.6 Å². The van der Waals surface area contributed by atoms with Crippen molar-refractivity contribution in [3.63, 3.8) is 0 Å². The molecule has 0 aliphatic carbocycles. The Morgan fingerprint density at radius 1 is 1.55 bits per heavy atom. The first kappa shape index (κ1) is 15.3. The fourth-order valence-electron chi connectivity index (χ4n) is 2.25. The van der Waals surface area contributed by atoms with E-state index in [4.69, 9.17) is 14.5 Å². The summed E-state index contributed by atoms with van der Waals surface area (Å²) >= 11 is 0. The van der Waals surface area contributed by atoms with E-state index in [1.165, 1.54) is 17.2 Å². The van der Waals surface area contributed by atoms with Crippen LogP contribution in [0.3, 0.4) is 0 Å². The Balaban J connectivity index is 1.80. The van der Waals surface area contributed by atoms with E-state index in [9.17, 15) is 13.8 Å². The van der Waals surface area contributed by atoms with Crippen LogP contribution in [0.4, 0.5) is 4.39 Å². The smallest absolute Gasteiger partial charge is 0.349 e. The minimum Gasteiger partial charge on any atom is -0.349 e. The molecule has 0 amide bonds. The Kier molecular flexibility index (Phi) is 3.83. The molecule has 0 aromatic carbocycles. The van der Waals surface area contributed by atoms with Gasteiger partial charge in [-0.1, -0.05) is 0 Å². The van der Waals surface area contributed by atoms with Gasteiger partial charge in [0.15, 0.2) is 11.2 Å². The SMILES string of the molecule is O=c1[nH]cnc2c1ncn2[C@H]1C[C@@H](F)[C@@H](COP(=O)(O)O)O1. The minimum absolute atomic E-state index is 0.0743. The number of H-pyrrole nitrogens is 1. The molecule has 1 aliphatic heterocycles. The molecule has 0 unspecified atom stereocenters. The third-order valence-electron chi connectivity index (χ3n) is 3.24. The van der Waals surface area contributed by atoms with Crippen molar-refractivity contribution in [2.45, 2.75) is 24.9 Å². The summed E-state index contributed by atoms with van der Waals surface area (Å²) in [5.74, 6) is 0. The largest absolute Gasteiger partial charge is 0.469 e. The van der Waals surface area contributed by atoms with Crippen molar-refractivity contribution in [3.8, 4) is 0 Å². The normalized spacial score (nSPS) is 25.9. The van der Waals surface area contributed by atoms with Crippen LogP contribution in [-0.4, -0.2) is 48.2 Å². The Hall–Kier alpha value is -1.65. The van der Waals surface area contributed by atoms with E-state index >= 15 is 0 Å². The minimum atomic E-state index is -4.69. The van der Waals surface area contributed by atoms with Crippen LogP contribution in [0.5, 0.6) is 0 Å². The predicted molar refractivity (Wildman–Crippen MR) is 69.6 cm³/mol. The summed E-state index contributed by atoms with van der Waals surface area (Å²) in [6.45, 7) is -0.581. The lowest BCUT2D eigenvalue weighted by Crippen LogP contribution is -2.23. The van der Waals surface area contributed by atoms with E-state index in [0.717, 1.165) is 0 Å². The predicted octanol–water partition coefficient (Wildman–Crippen LogP) is -0.146. The second-order valence-corrected chi connectivity index (χ2v) is 5.96. The van der Waals surface area contributed by atoms with Crippen LogP contribution < -0.4 is 5.56 Å². The first-order valence-corrected chi connectivity index (χ1v) is 7.78. The fourth-order valence-corrected chi connectivity index (χ4v) is 2.60. The highest BCUT2D eigenvalue weighted by Crippen LogP contribution is 2.39. The molecule has 3 atom stereocenters. The molecule has 3 N–H and O–H groups in total. The van der Waals surface area contributed by atoms with Crippen LogP contribution in [0.2, 0.25) is 0 Å². The lowest BCUT2D eigenvalue weighted by Gasteiger charge is -2.15. The lowest BCUT2D eigenvalue weighted by molar-refractivity contribution is -0.0317. The van der Waals surface area contributed by atoms with Gasteiger partial charge in [-0.2, -0.15) is 0 Å². The standard InChI is InChI=1S/C10H12FN4O6P/c11-5-1-7(21-6(5)2-20-22(17,18)19)15-4-14-8-9(15)12-3-13-10(8)16/h3-7H,1-2H2,(H,12,13,16)(H2,17,18,19)/t5-,6-,7-/m1/s1. The van der Waals surface area contributed by atoms with Gasteiger partial charge < -0.3 is 19.5 Å². The molecule has 0 spiro atoms. The van der Waals surface area contributed by atoms with Gasteiger partial charge in [0, 0.05) is 6.42 Å². The molecule has 1 fully saturated rings. The highest BCUT2D eigenvalue weighted by atomic mass is 31.2. The molecular formula is C10H12FN4O6P. The molecule has 120 valence electrons. The van der Waals surface area contributed by atoms with Crippen molar-refractivity contribution >= 4 is 19.0 Å². The van der Waals surface area contributed by atoms with E-state index in [-0.39, 0.29) is 17.6 Å². The number of nitrogens with zero attached hydrogens (tertiary/aromatic N) is 3. The first-order valence-electron chi connectivity index (χ1n) is 6.25. The number of alkyl halides is 1. The molecule has 10 nitrogen and oxygen atoms in total. The average Bonchev–Trinajstić information content (AvgIpc) is 3.00. The van der Waals surface area contributed by atoms with Gasteiger partial charge in [-0.15, -0.1) is 0 Å². The second kappa shape index (κ2) is 5.52. The zero-order valence-electron chi connectivity index (χ0n) is 11.0. The molecule has 0 radical (unpaired) electrons. The van der Waals surface area contributed by atoms with E-state index in [1.807, 2.05) is 0 Å². The molecular weight excluding hydrogens is 322 g/mol. The van der Waals surface area contributed by atoms with Gasteiger partial charge in [-0.3, -0.25) is 13.9 Å². The Bertz CT molecular complexity index is 787. The number of hydrogen-bond donors (Lipinski definition) is 3. The van der Waals surface area contributed by atoms with E-state index in [1.54, 1.807) is 0 Å². The van der Waals surface area contributed by atoms with Crippen molar-refractivity contribution in [2.24, 2.45) is 0 Å². The zero-order valence-corrected chi connectivity index (χ0v) is 11.9. The van der Waals surface area contributed by atoms with Crippen LogP contribution in [-0.2, 0) is 13.8 Å².